The van der Waals surface area contributed by atoms with E-state index in [1.54, 1.807) is 0 Å². The molecule has 0 spiro atoms. The van der Waals surface area contributed by atoms with Crippen LogP contribution in [0.25, 0.3) is 0 Å². The zero-order chi connectivity index (χ0) is 11.9. The van der Waals surface area contributed by atoms with E-state index in [0.29, 0.717) is 0 Å². The SMILES string of the molecule is COCC(O)CNS(=O)(=O)CC(=O)OC. The van der Waals surface area contributed by atoms with Gasteiger partial charge in [0.1, 0.15) is 0 Å². The van der Waals surface area contributed by atoms with Gasteiger partial charge in [0.15, 0.2) is 5.75 Å². The van der Waals surface area contributed by atoms with Crippen LogP contribution in [-0.2, 0) is 24.3 Å². The molecule has 0 rings (SSSR count). The highest BCUT2D eigenvalue weighted by Crippen LogP contribution is 1.89. The van der Waals surface area contributed by atoms with Crippen LogP contribution in [0.15, 0.2) is 0 Å². The normalized spacial score (nSPS) is 13.5. The van der Waals surface area contributed by atoms with Crippen molar-refractivity contribution >= 4 is 16.0 Å². The lowest BCUT2D eigenvalue weighted by atomic mass is 10.4. The topological polar surface area (TPSA) is 102 Å². The lowest BCUT2D eigenvalue weighted by Gasteiger charge is -2.10. The summed E-state index contributed by atoms with van der Waals surface area (Å²) in [5.41, 5.74) is 0. The van der Waals surface area contributed by atoms with Crippen LogP contribution in [0.4, 0.5) is 0 Å². The van der Waals surface area contributed by atoms with E-state index in [0.717, 1.165) is 7.11 Å². The van der Waals surface area contributed by atoms with Gasteiger partial charge in [-0.15, -0.1) is 0 Å². The third kappa shape index (κ3) is 7.25. The number of sulfonamides is 1. The Morgan fingerprint density at radius 2 is 2.07 bits per heavy atom. The molecule has 0 saturated carbocycles. The Kier molecular flexibility index (Phi) is 6.41. The van der Waals surface area contributed by atoms with Crippen LogP contribution in [0, 0.1) is 0 Å². The highest BCUT2D eigenvalue weighted by molar-refractivity contribution is 7.90. The summed E-state index contributed by atoms with van der Waals surface area (Å²) < 4.78 is 33.1. The third-order valence-electron chi connectivity index (χ3n) is 1.43. The first-order chi connectivity index (χ1) is 6.91. The Morgan fingerprint density at radius 3 is 2.53 bits per heavy atom. The molecule has 8 heteroatoms. The monoisotopic (exact) mass is 241 g/mol. The van der Waals surface area contributed by atoms with Crippen molar-refractivity contribution in [3.8, 4) is 0 Å². The van der Waals surface area contributed by atoms with Crippen molar-refractivity contribution in [3.05, 3.63) is 0 Å². The summed E-state index contributed by atoms with van der Waals surface area (Å²) >= 11 is 0. The van der Waals surface area contributed by atoms with Gasteiger partial charge in [-0.25, -0.2) is 13.1 Å². The average Bonchev–Trinajstić information content (AvgIpc) is 2.15. The highest BCUT2D eigenvalue weighted by Gasteiger charge is 2.17. The van der Waals surface area contributed by atoms with Gasteiger partial charge in [-0.2, -0.15) is 0 Å². The van der Waals surface area contributed by atoms with E-state index in [1.807, 2.05) is 0 Å². The Morgan fingerprint density at radius 1 is 1.47 bits per heavy atom. The molecule has 7 nitrogen and oxygen atoms in total. The van der Waals surface area contributed by atoms with Crippen molar-refractivity contribution in [1.82, 2.24) is 4.72 Å². The van der Waals surface area contributed by atoms with E-state index >= 15 is 0 Å². The predicted octanol–water partition coefficient (Wildman–Crippen LogP) is -1.91. The summed E-state index contributed by atoms with van der Waals surface area (Å²) in [6, 6.07) is 0. The molecule has 0 heterocycles. The second-order valence-corrected chi connectivity index (χ2v) is 4.60. The fraction of sp³-hybridized carbons (Fsp3) is 0.857. The number of esters is 1. The molecule has 0 aromatic heterocycles. The summed E-state index contributed by atoms with van der Waals surface area (Å²) in [7, 11) is -1.27. The van der Waals surface area contributed by atoms with Gasteiger partial charge in [-0.3, -0.25) is 4.79 Å². The molecule has 0 aliphatic rings. The maximum atomic E-state index is 11.1. The van der Waals surface area contributed by atoms with E-state index in [1.165, 1.54) is 7.11 Å². The number of methoxy groups -OCH3 is 2. The van der Waals surface area contributed by atoms with Crippen LogP contribution in [0.1, 0.15) is 0 Å². The number of carbonyl (C=O) groups is 1. The molecule has 15 heavy (non-hydrogen) atoms. The Bertz CT molecular complexity index is 288. The number of hydrogen-bond acceptors (Lipinski definition) is 6. The maximum absolute atomic E-state index is 11.1. The largest absolute Gasteiger partial charge is 0.468 e. The number of nitrogens with one attached hydrogen (secondary N) is 1. The number of carbonyl (C=O) groups excluding carboxylic acids is 1. The van der Waals surface area contributed by atoms with E-state index in [4.69, 9.17) is 5.11 Å². The standard InChI is InChI=1S/C7H15NO6S/c1-13-4-6(9)3-8-15(11,12)5-7(10)14-2/h6,8-9H,3-5H2,1-2H3. The minimum Gasteiger partial charge on any atom is -0.468 e. The van der Waals surface area contributed by atoms with Crippen LogP contribution in [0.3, 0.4) is 0 Å². The van der Waals surface area contributed by atoms with Gasteiger partial charge in [0.05, 0.1) is 19.8 Å². The number of hydrogen-bond donors (Lipinski definition) is 2. The van der Waals surface area contributed by atoms with Crippen LogP contribution >= 0.6 is 0 Å². The summed E-state index contributed by atoms with van der Waals surface area (Å²) in [6.07, 6.45) is -0.942. The van der Waals surface area contributed by atoms with E-state index in [9.17, 15) is 13.2 Å². The predicted molar refractivity (Wildman–Crippen MR) is 51.7 cm³/mol. The third-order valence-corrected chi connectivity index (χ3v) is 2.66. The van der Waals surface area contributed by atoms with Crippen LogP contribution in [0.2, 0.25) is 0 Å². The molecule has 0 amide bonds. The summed E-state index contributed by atoms with van der Waals surface area (Å²) in [6.45, 7) is -0.187. The fourth-order valence-electron chi connectivity index (χ4n) is 0.740. The summed E-state index contributed by atoms with van der Waals surface area (Å²) in [5.74, 6) is -1.62. The van der Waals surface area contributed by atoms with Gasteiger partial charge >= 0.3 is 5.97 Å². The highest BCUT2D eigenvalue weighted by atomic mass is 32.2. The first kappa shape index (κ1) is 14.3. The Balaban J connectivity index is 3.99. The molecule has 2 N–H and O–H groups in total. The van der Waals surface area contributed by atoms with Gasteiger partial charge in [0.2, 0.25) is 10.0 Å². The van der Waals surface area contributed by atoms with Crippen LogP contribution in [0.5, 0.6) is 0 Å². The molecule has 0 radical (unpaired) electrons. The first-order valence-corrected chi connectivity index (χ1v) is 5.77. The van der Waals surface area contributed by atoms with Crippen molar-refractivity contribution in [1.29, 1.82) is 0 Å². The van der Waals surface area contributed by atoms with Gasteiger partial charge in [-0.1, -0.05) is 0 Å². The van der Waals surface area contributed by atoms with Gasteiger partial charge in [-0.05, 0) is 0 Å². The van der Waals surface area contributed by atoms with E-state index < -0.39 is 27.8 Å². The molecule has 0 fully saturated rings. The number of aliphatic hydroxyl groups excluding tert-OH is 1. The van der Waals surface area contributed by atoms with Crippen molar-refractivity contribution in [2.24, 2.45) is 0 Å². The molecule has 0 bridgehead atoms. The Hall–Kier alpha value is -0.700. The first-order valence-electron chi connectivity index (χ1n) is 4.12. The summed E-state index contributed by atoms with van der Waals surface area (Å²) in [4.78, 5) is 10.7. The van der Waals surface area contributed by atoms with Crippen LogP contribution < -0.4 is 4.72 Å². The van der Waals surface area contributed by atoms with Crippen LogP contribution in [-0.4, -0.2) is 58.7 Å². The smallest absolute Gasteiger partial charge is 0.322 e. The van der Waals surface area contributed by atoms with E-state index in [-0.39, 0.29) is 13.2 Å². The molecule has 0 aromatic carbocycles. The lowest BCUT2D eigenvalue weighted by Crippen LogP contribution is -2.37. The zero-order valence-electron chi connectivity index (χ0n) is 8.60. The average molecular weight is 241 g/mol. The second-order valence-electron chi connectivity index (χ2n) is 2.79. The number of ether oxygens (including phenoxy) is 2. The van der Waals surface area contributed by atoms with Crippen molar-refractivity contribution < 1.29 is 27.8 Å². The summed E-state index contributed by atoms with van der Waals surface area (Å²) in [5, 5.41) is 9.14. The molecule has 1 atom stereocenters. The molecular formula is C7H15NO6S. The second kappa shape index (κ2) is 6.72. The molecule has 1 unspecified atom stereocenters. The fourth-order valence-corrected chi connectivity index (χ4v) is 1.72. The Labute approximate surface area is 88.4 Å². The quantitative estimate of drug-likeness (QED) is 0.504. The molecule has 0 saturated heterocycles. The zero-order valence-corrected chi connectivity index (χ0v) is 9.41. The maximum Gasteiger partial charge on any atom is 0.322 e. The molecule has 0 aromatic rings. The molecular weight excluding hydrogens is 226 g/mol. The van der Waals surface area contributed by atoms with Gasteiger partial charge in [0.25, 0.3) is 0 Å². The number of rotatable bonds is 7. The van der Waals surface area contributed by atoms with Crippen molar-refractivity contribution in [3.63, 3.8) is 0 Å². The van der Waals surface area contributed by atoms with Crippen molar-refractivity contribution in [2.75, 3.05) is 33.1 Å². The minimum atomic E-state index is -3.75. The minimum absolute atomic E-state index is 0.0146. The van der Waals surface area contributed by atoms with Crippen molar-refractivity contribution in [2.45, 2.75) is 6.10 Å². The molecule has 90 valence electrons. The number of aliphatic hydroxyl groups is 1. The lowest BCUT2D eigenvalue weighted by molar-refractivity contribution is -0.137. The van der Waals surface area contributed by atoms with Gasteiger partial charge in [0, 0.05) is 13.7 Å². The molecule has 0 aliphatic carbocycles. The van der Waals surface area contributed by atoms with Gasteiger partial charge < -0.3 is 14.6 Å². The van der Waals surface area contributed by atoms with E-state index in [2.05, 4.69) is 14.2 Å². The molecule has 0 aliphatic heterocycles.